The van der Waals surface area contributed by atoms with E-state index in [9.17, 15) is 14.8 Å². The number of amides is 2. The van der Waals surface area contributed by atoms with Crippen molar-refractivity contribution in [3.8, 4) is 0 Å². The van der Waals surface area contributed by atoms with Gasteiger partial charge in [0.2, 0.25) is 11.8 Å². The molecule has 1 unspecified atom stereocenters. The average molecular weight is 296 g/mol. The number of rotatable bonds is 3. The van der Waals surface area contributed by atoms with E-state index >= 15 is 0 Å². The smallest absolute Gasteiger partial charge is 0.233 e. The van der Waals surface area contributed by atoms with Gasteiger partial charge in [0.15, 0.2) is 0 Å². The second kappa shape index (κ2) is 5.06. The Kier molecular flexibility index (Phi) is 3.96. The molecule has 120 valence electrons. The summed E-state index contributed by atoms with van der Waals surface area (Å²) in [5.41, 5.74) is -0.780. The van der Waals surface area contributed by atoms with Gasteiger partial charge < -0.3 is 5.21 Å². The van der Waals surface area contributed by atoms with Crippen LogP contribution in [0.15, 0.2) is 0 Å². The van der Waals surface area contributed by atoms with Crippen molar-refractivity contribution < 1.29 is 14.8 Å². The summed E-state index contributed by atoms with van der Waals surface area (Å²) in [4.78, 5) is 26.0. The molecule has 0 spiro atoms. The second-order valence-electron chi connectivity index (χ2n) is 8.08. The van der Waals surface area contributed by atoms with Gasteiger partial charge in [-0.1, -0.05) is 13.8 Å². The highest BCUT2D eigenvalue weighted by Crippen LogP contribution is 2.44. The maximum absolute atomic E-state index is 12.4. The van der Waals surface area contributed by atoms with Crippen LogP contribution in [0.4, 0.5) is 0 Å². The molecule has 0 bridgehead atoms. The van der Waals surface area contributed by atoms with E-state index in [4.69, 9.17) is 0 Å². The van der Waals surface area contributed by atoms with E-state index in [1.54, 1.807) is 0 Å². The number of carbonyl (C=O) groups is 2. The van der Waals surface area contributed by atoms with Gasteiger partial charge in [0.1, 0.15) is 0 Å². The number of hydrogen-bond donors (Lipinski definition) is 1. The maximum atomic E-state index is 12.4. The van der Waals surface area contributed by atoms with Gasteiger partial charge in [0, 0.05) is 30.0 Å². The lowest BCUT2D eigenvalue weighted by Gasteiger charge is -2.36. The number of nitrogens with zero attached hydrogens (tertiary/aromatic N) is 2. The summed E-state index contributed by atoms with van der Waals surface area (Å²) < 4.78 is 0. The predicted molar refractivity (Wildman–Crippen MR) is 79.6 cm³/mol. The lowest BCUT2D eigenvalue weighted by Crippen LogP contribution is -2.49. The third kappa shape index (κ3) is 2.61. The van der Waals surface area contributed by atoms with Crippen molar-refractivity contribution in [3.63, 3.8) is 0 Å². The molecule has 2 saturated heterocycles. The number of hydrogen-bond acceptors (Lipinski definition) is 4. The molecule has 0 radical (unpaired) electrons. The maximum Gasteiger partial charge on any atom is 0.233 e. The zero-order valence-corrected chi connectivity index (χ0v) is 14.0. The molecule has 0 aromatic carbocycles. The highest BCUT2D eigenvalue weighted by atomic mass is 16.5. The van der Waals surface area contributed by atoms with Gasteiger partial charge in [0.25, 0.3) is 0 Å². The Morgan fingerprint density at radius 1 is 1.24 bits per heavy atom. The summed E-state index contributed by atoms with van der Waals surface area (Å²) in [6.07, 6.45) is 1.09. The van der Waals surface area contributed by atoms with Crippen LogP contribution in [0.25, 0.3) is 0 Å². The summed E-state index contributed by atoms with van der Waals surface area (Å²) in [7, 11) is 0. The normalized spacial score (nSPS) is 32.5. The minimum Gasteiger partial charge on any atom is -0.313 e. The van der Waals surface area contributed by atoms with Crippen molar-refractivity contribution in [1.29, 1.82) is 0 Å². The summed E-state index contributed by atoms with van der Waals surface area (Å²) >= 11 is 0. The fourth-order valence-electron chi connectivity index (χ4n) is 3.82. The van der Waals surface area contributed by atoms with Gasteiger partial charge in [-0.25, -0.2) is 0 Å². The Morgan fingerprint density at radius 3 is 2.19 bits per heavy atom. The Morgan fingerprint density at radius 2 is 1.81 bits per heavy atom. The molecule has 0 saturated carbocycles. The molecular weight excluding hydrogens is 268 g/mol. The fourth-order valence-corrected chi connectivity index (χ4v) is 3.82. The molecule has 0 aromatic rings. The molecule has 2 aliphatic rings. The first kappa shape index (κ1) is 16.4. The van der Waals surface area contributed by atoms with E-state index in [0.29, 0.717) is 13.0 Å². The number of hydroxylamine groups is 2. The first-order chi connectivity index (χ1) is 9.48. The largest absolute Gasteiger partial charge is 0.313 e. The van der Waals surface area contributed by atoms with Crippen molar-refractivity contribution in [3.05, 3.63) is 0 Å². The minimum absolute atomic E-state index is 0.0417. The molecule has 0 aromatic heterocycles. The molecule has 2 aliphatic heterocycles. The Balaban J connectivity index is 2.16. The van der Waals surface area contributed by atoms with E-state index in [-0.39, 0.29) is 35.1 Å². The van der Waals surface area contributed by atoms with Gasteiger partial charge in [0.05, 0.1) is 0 Å². The van der Waals surface area contributed by atoms with Crippen molar-refractivity contribution in [2.75, 3.05) is 6.54 Å². The van der Waals surface area contributed by atoms with Crippen LogP contribution >= 0.6 is 0 Å². The van der Waals surface area contributed by atoms with E-state index in [2.05, 4.69) is 0 Å². The summed E-state index contributed by atoms with van der Waals surface area (Å²) in [6.45, 7) is 12.3. The number of carbonyl (C=O) groups excluding carboxylic acids is 2. The molecule has 2 amide bonds. The van der Waals surface area contributed by atoms with Gasteiger partial charge in [-0.3, -0.25) is 14.5 Å². The molecule has 0 aliphatic carbocycles. The molecule has 2 atom stereocenters. The van der Waals surface area contributed by atoms with Crippen LogP contribution in [-0.2, 0) is 9.59 Å². The summed E-state index contributed by atoms with van der Waals surface area (Å²) in [5, 5.41) is 11.7. The SMILES string of the molecule is CC(C)[C@@H]1CC(=O)N(CC2CC(C)(C)N(O)C2(C)C)C1=O. The first-order valence-electron chi connectivity index (χ1n) is 7.82. The molecule has 21 heavy (non-hydrogen) atoms. The first-order valence-corrected chi connectivity index (χ1v) is 7.82. The van der Waals surface area contributed by atoms with Crippen molar-refractivity contribution >= 4 is 11.8 Å². The topological polar surface area (TPSA) is 60.9 Å². The van der Waals surface area contributed by atoms with E-state index in [0.717, 1.165) is 6.42 Å². The van der Waals surface area contributed by atoms with Gasteiger partial charge >= 0.3 is 0 Å². The monoisotopic (exact) mass is 296 g/mol. The standard InChI is InChI=1S/C16H28N2O3/c1-10(2)12-7-13(19)17(14(12)20)9-11-8-15(3,4)18(21)16(11,5)6/h10-12,21H,7-9H2,1-6H3/t11?,12-/m0/s1. The molecule has 2 heterocycles. The van der Waals surface area contributed by atoms with Crippen LogP contribution < -0.4 is 0 Å². The molecule has 5 heteroatoms. The quantitative estimate of drug-likeness (QED) is 0.812. The third-order valence-corrected chi connectivity index (χ3v) is 5.35. The van der Waals surface area contributed by atoms with Crippen LogP contribution in [0.5, 0.6) is 0 Å². The van der Waals surface area contributed by atoms with E-state index in [1.165, 1.54) is 9.96 Å². The Hall–Kier alpha value is -0.940. The van der Waals surface area contributed by atoms with Crippen LogP contribution in [0, 0.1) is 17.8 Å². The van der Waals surface area contributed by atoms with Gasteiger partial charge in [-0.15, -0.1) is 0 Å². The highest BCUT2D eigenvalue weighted by molar-refractivity contribution is 6.03. The van der Waals surface area contributed by atoms with Crippen molar-refractivity contribution in [2.45, 2.75) is 65.5 Å². The van der Waals surface area contributed by atoms with Gasteiger partial charge in [-0.2, -0.15) is 5.06 Å². The zero-order valence-electron chi connectivity index (χ0n) is 14.0. The number of likely N-dealkylation sites (tertiary alicyclic amines) is 1. The number of imide groups is 1. The van der Waals surface area contributed by atoms with Crippen LogP contribution in [0.2, 0.25) is 0 Å². The summed E-state index contributed by atoms with van der Waals surface area (Å²) in [5.74, 6) is -0.0194. The Bertz CT molecular complexity index is 456. The molecule has 2 rings (SSSR count). The molecule has 1 N–H and O–H groups in total. The fraction of sp³-hybridized carbons (Fsp3) is 0.875. The molecular formula is C16H28N2O3. The van der Waals surface area contributed by atoms with Crippen LogP contribution in [0.1, 0.15) is 54.4 Å². The molecule has 2 fully saturated rings. The second-order valence-corrected chi connectivity index (χ2v) is 8.08. The van der Waals surface area contributed by atoms with Gasteiger partial charge in [-0.05, 0) is 46.0 Å². The highest BCUT2D eigenvalue weighted by Gasteiger charge is 2.53. The van der Waals surface area contributed by atoms with Crippen molar-refractivity contribution in [1.82, 2.24) is 9.96 Å². The lowest BCUT2D eigenvalue weighted by molar-refractivity contribution is -0.197. The summed E-state index contributed by atoms with van der Waals surface area (Å²) in [6, 6.07) is 0. The van der Waals surface area contributed by atoms with E-state index in [1.807, 2.05) is 41.5 Å². The Labute approximate surface area is 127 Å². The minimum atomic E-state index is -0.444. The predicted octanol–water partition coefficient (Wildman–Crippen LogP) is 2.29. The zero-order chi connectivity index (χ0) is 16.2. The van der Waals surface area contributed by atoms with Crippen LogP contribution in [-0.4, -0.2) is 44.6 Å². The lowest BCUT2D eigenvalue weighted by atomic mass is 9.86. The van der Waals surface area contributed by atoms with Crippen LogP contribution in [0.3, 0.4) is 0 Å². The van der Waals surface area contributed by atoms with Crippen molar-refractivity contribution in [2.24, 2.45) is 17.8 Å². The molecule has 5 nitrogen and oxygen atoms in total. The third-order valence-electron chi connectivity index (χ3n) is 5.35. The van der Waals surface area contributed by atoms with E-state index < -0.39 is 5.54 Å². The average Bonchev–Trinajstić information content (AvgIpc) is 2.71.